The summed E-state index contributed by atoms with van der Waals surface area (Å²) in [5, 5.41) is 13.2. The number of hydroxylamine groups is 1. The molecule has 0 saturated heterocycles. The molecule has 2 rings (SSSR count). The number of benzene rings is 1. The minimum atomic E-state index is -0.592. The van der Waals surface area contributed by atoms with Crippen molar-refractivity contribution in [2.75, 3.05) is 13.7 Å². The van der Waals surface area contributed by atoms with Gasteiger partial charge in [-0.25, -0.2) is 14.5 Å². The average molecular weight is 356 g/mol. The van der Waals surface area contributed by atoms with E-state index in [9.17, 15) is 10.0 Å². The summed E-state index contributed by atoms with van der Waals surface area (Å²) in [5.41, 5.74) is 1.27. The molecule has 0 amide bonds. The molecule has 0 aliphatic carbocycles. The minimum Gasteiger partial charge on any atom is -0.623 e. The third kappa shape index (κ3) is 4.81. The monoisotopic (exact) mass is 356 g/mol. The Hall–Kier alpha value is -2.89. The topological polar surface area (TPSA) is 74.5 Å². The summed E-state index contributed by atoms with van der Waals surface area (Å²) in [7, 11) is 1.59. The van der Waals surface area contributed by atoms with Gasteiger partial charge in [-0.15, -0.1) is 0 Å². The van der Waals surface area contributed by atoms with E-state index in [0.717, 1.165) is 15.6 Å². The Balaban J connectivity index is 2.59. The Bertz CT molecular complexity index is 864. The van der Waals surface area contributed by atoms with Crippen LogP contribution in [-0.4, -0.2) is 41.2 Å². The number of carbonyl (C=O) groups excluding carboxylic acids is 1. The van der Waals surface area contributed by atoms with Crippen molar-refractivity contribution in [3.05, 3.63) is 46.8 Å². The Morgan fingerprint density at radius 2 is 2.04 bits per heavy atom. The van der Waals surface area contributed by atoms with E-state index in [1.807, 2.05) is 45.0 Å². The molecule has 26 heavy (non-hydrogen) atoms. The molecule has 0 atom stereocenters. The highest BCUT2D eigenvalue weighted by Crippen LogP contribution is 2.22. The van der Waals surface area contributed by atoms with Crippen molar-refractivity contribution in [3.63, 3.8) is 0 Å². The zero-order chi connectivity index (χ0) is 19.3. The number of aromatic nitrogens is 1. The number of rotatable bonds is 5. The third-order valence-corrected chi connectivity index (χ3v) is 3.66. The van der Waals surface area contributed by atoms with Crippen LogP contribution in [0.15, 0.2) is 30.3 Å². The fourth-order valence-electron chi connectivity index (χ4n) is 2.21. The quantitative estimate of drug-likeness (QED) is 0.205. The summed E-state index contributed by atoms with van der Waals surface area (Å²) in [5.74, 6) is 0.250. The van der Waals surface area contributed by atoms with Crippen molar-refractivity contribution in [3.8, 4) is 5.75 Å². The van der Waals surface area contributed by atoms with Gasteiger partial charge in [-0.05, 0) is 37.3 Å². The van der Waals surface area contributed by atoms with Gasteiger partial charge in [-0.1, -0.05) is 0 Å². The molecule has 1 heterocycles. The van der Waals surface area contributed by atoms with Crippen LogP contribution in [0.25, 0.3) is 17.0 Å². The number of methoxy groups -OCH3 is 1. The van der Waals surface area contributed by atoms with Gasteiger partial charge < -0.3 is 14.7 Å². The second-order valence-electron chi connectivity index (χ2n) is 6.73. The number of pyridine rings is 1. The number of ether oxygens (including phenoxy) is 2. The first kappa shape index (κ1) is 19.4. The summed E-state index contributed by atoms with van der Waals surface area (Å²) in [6, 6.07) is 7.35. The Morgan fingerprint density at radius 1 is 1.31 bits per heavy atom. The molecule has 0 fully saturated rings. The molecule has 0 spiro atoms. The van der Waals surface area contributed by atoms with Gasteiger partial charge in [0.05, 0.1) is 30.5 Å². The number of hydrogen-bond donors (Lipinski definition) is 0. The van der Waals surface area contributed by atoms with Crippen LogP contribution in [0.5, 0.6) is 5.75 Å². The lowest BCUT2D eigenvalue weighted by molar-refractivity contribution is -0.530. The van der Waals surface area contributed by atoms with E-state index in [2.05, 4.69) is 4.98 Å². The highest BCUT2D eigenvalue weighted by molar-refractivity contribution is 5.93. The second-order valence-corrected chi connectivity index (χ2v) is 6.73. The molecule has 0 bridgehead atoms. The molecule has 0 aliphatic rings. The SMILES string of the molecule is CCOC(=O)/C=C\c1nc2ccc(OC)cc2cc1C=[N+]([O-])C(C)(C)C. The smallest absolute Gasteiger partial charge is 0.330 e. The van der Waals surface area contributed by atoms with E-state index in [0.29, 0.717) is 23.6 Å². The zero-order valence-corrected chi connectivity index (χ0v) is 15.8. The first-order valence-electron chi connectivity index (χ1n) is 8.39. The van der Waals surface area contributed by atoms with E-state index in [-0.39, 0.29) is 0 Å². The van der Waals surface area contributed by atoms with Gasteiger partial charge in [0, 0.05) is 32.2 Å². The van der Waals surface area contributed by atoms with E-state index < -0.39 is 11.5 Å². The lowest BCUT2D eigenvalue weighted by Crippen LogP contribution is -2.29. The van der Waals surface area contributed by atoms with Crippen LogP contribution in [0, 0.1) is 5.21 Å². The van der Waals surface area contributed by atoms with Crippen molar-refractivity contribution in [1.29, 1.82) is 0 Å². The van der Waals surface area contributed by atoms with Crippen molar-refractivity contribution in [2.45, 2.75) is 33.2 Å². The highest BCUT2D eigenvalue weighted by atomic mass is 16.5. The predicted molar refractivity (Wildman–Crippen MR) is 103 cm³/mol. The molecule has 0 aliphatic heterocycles. The van der Waals surface area contributed by atoms with Crippen LogP contribution in [0.4, 0.5) is 0 Å². The molecular formula is C20H24N2O4. The molecule has 1 aromatic heterocycles. The lowest BCUT2D eigenvalue weighted by Gasteiger charge is -2.19. The first-order chi connectivity index (χ1) is 12.2. The van der Waals surface area contributed by atoms with Crippen molar-refractivity contribution < 1.29 is 19.0 Å². The Kier molecular flexibility index (Phi) is 5.97. The van der Waals surface area contributed by atoms with E-state index in [1.165, 1.54) is 12.3 Å². The molecule has 138 valence electrons. The molecule has 0 saturated carbocycles. The molecule has 1 aromatic carbocycles. The normalized spacial score (nSPS) is 12.6. The number of esters is 1. The van der Waals surface area contributed by atoms with Crippen molar-refractivity contribution in [2.24, 2.45) is 0 Å². The highest BCUT2D eigenvalue weighted by Gasteiger charge is 2.19. The van der Waals surface area contributed by atoms with Crippen LogP contribution in [0.3, 0.4) is 0 Å². The summed E-state index contributed by atoms with van der Waals surface area (Å²) in [6.07, 6.45) is 4.35. The van der Waals surface area contributed by atoms with Gasteiger partial charge in [0.25, 0.3) is 0 Å². The van der Waals surface area contributed by atoms with Crippen LogP contribution >= 0.6 is 0 Å². The Labute approximate surface area is 153 Å². The van der Waals surface area contributed by atoms with Gasteiger partial charge in [0.2, 0.25) is 0 Å². The maximum atomic E-state index is 12.4. The summed E-state index contributed by atoms with van der Waals surface area (Å²) < 4.78 is 11.0. The average Bonchev–Trinajstić information content (AvgIpc) is 2.58. The summed E-state index contributed by atoms with van der Waals surface area (Å²) >= 11 is 0. The number of nitrogens with zero attached hydrogens (tertiary/aromatic N) is 2. The standard InChI is InChI=1S/C20H24N2O4/c1-6-26-19(23)10-9-18-15(13-22(24)20(2,3)4)11-14-12-16(25-5)7-8-17(14)21-18/h7-13H,6H2,1-5H3/b10-9-,22-13?. The Morgan fingerprint density at radius 3 is 2.65 bits per heavy atom. The molecule has 0 N–H and O–H groups in total. The predicted octanol–water partition coefficient (Wildman–Crippen LogP) is 3.55. The maximum Gasteiger partial charge on any atom is 0.330 e. The molecule has 0 radical (unpaired) electrons. The van der Waals surface area contributed by atoms with Gasteiger partial charge >= 0.3 is 5.97 Å². The van der Waals surface area contributed by atoms with Gasteiger partial charge in [0.1, 0.15) is 5.75 Å². The second kappa shape index (κ2) is 7.99. The summed E-state index contributed by atoms with van der Waals surface area (Å²) in [6.45, 7) is 7.50. The largest absolute Gasteiger partial charge is 0.623 e. The number of hydrogen-bond acceptors (Lipinski definition) is 5. The molecule has 6 heteroatoms. The van der Waals surface area contributed by atoms with E-state index >= 15 is 0 Å². The van der Waals surface area contributed by atoms with Gasteiger partial charge in [-0.3, -0.25) is 0 Å². The number of fused-ring (bicyclic) bond motifs is 1. The zero-order valence-electron chi connectivity index (χ0n) is 15.8. The third-order valence-electron chi connectivity index (χ3n) is 3.66. The van der Waals surface area contributed by atoms with Crippen molar-refractivity contribution >= 4 is 29.2 Å². The van der Waals surface area contributed by atoms with Crippen LogP contribution in [-0.2, 0) is 9.53 Å². The van der Waals surface area contributed by atoms with E-state index in [1.54, 1.807) is 20.1 Å². The van der Waals surface area contributed by atoms with Gasteiger partial charge in [0.15, 0.2) is 11.8 Å². The lowest BCUT2D eigenvalue weighted by atomic mass is 10.1. The minimum absolute atomic E-state index is 0.297. The maximum absolute atomic E-state index is 12.4. The molecule has 2 aromatic rings. The fraction of sp³-hybridized carbons (Fsp3) is 0.350. The fourth-order valence-corrected chi connectivity index (χ4v) is 2.21. The molecule has 6 nitrogen and oxygen atoms in total. The molecular weight excluding hydrogens is 332 g/mol. The number of carbonyl (C=O) groups is 1. The van der Waals surface area contributed by atoms with Crippen LogP contribution in [0.1, 0.15) is 39.0 Å². The first-order valence-corrected chi connectivity index (χ1v) is 8.39. The van der Waals surface area contributed by atoms with Gasteiger partial charge in [-0.2, -0.15) is 0 Å². The van der Waals surface area contributed by atoms with Crippen LogP contribution < -0.4 is 4.74 Å². The van der Waals surface area contributed by atoms with E-state index in [4.69, 9.17) is 9.47 Å². The molecule has 0 unspecified atom stereocenters. The van der Waals surface area contributed by atoms with Crippen molar-refractivity contribution in [1.82, 2.24) is 4.98 Å². The summed E-state index contributed by atoms with van der Waals surface area (Å²) in [4.78, 5) is 16.2. The van der Waals surface area contributed by atoms with Crippen LogP contribution in [0.2, 0.25) is 0 Å².